The third kappa shape index (κ3) is 3.20. The van der Waals surface area contributed by atoms with Crippen molar-refractivity contribution in [3.8, 4) is 17.2 Å². The first kappa shape index (κ1) is 14.0. The number of carbonyl (C=O) groups is 1. The number of hydrazine groups is 1. The standard InChI is InChI=1S/C10H12F2N2O4/c1-16-6-3-7(17-2)5-8(4-6)18-10(11,12)9(15)14-13/h3-5H,13H2,1-2H3,(H,14,15). The van der Waals surface area contributed by atoms with Gasteiger partial charge in [-0.05, 0) is 0 Å². The Morgan fingerprint density at radius 3 is 2.00 bits per heavy atom. The Balaban J connectivity index is 2.99. The van der Waals surface area contributed by atoms with E-state index in [0.717, 1.165) is 0 Å². The minimum Gasteiger partial charge on any atom is -0.496 e. The number of rotatable bonds is 5. The van der Waals surface area contributed by atoms with Crippen LogP contribution in [0.1, 0.15) is 0 Å². The minimum atomic E-state index is -4.09. The number of ether oxygens (including phenoxy) is 3. The van der Waals surface area contributed by atoms with Gasteiger partial charge < -0.3 is 14.2 Å². The number of carbonyl (C=O) groups excluding carboxylic acids is 1. The van der Waals surface area contributed by atoms with Gasteiger partial charge in [0.15, 0.2) is 0 Å². The van der Waals surface area contributed by atoms with Gasteiger partial charge in [-0.3, -0.25) is 10.2 Å². The first-order valence-electron chi connectivity index (χ1n) is 4.74. The maximum absolute atomic E-state index is 13.2. The summed E-state index contributed by atoms with van der Waals surface area (Å²) in [4.78, 5) is 10.8. The molecule has 0 atom stereocenters. The van der Waals surface area contributed by atoms with E-state index in [1.54, 1.807) is 0 Å². The second kappa shape index (κ2) is 5.50. The monoisotopic (exact) mass is 262 g/mol. The summed E-state index contributed by atoms with van der Waals surface area (Å²) in [6, 6.07) is 3.83. The lowest BCUT2D eigenvalue weighted by molar-refractivity contribution is -0.192. The molecular formula is C10H12F2N2O4. The molecule has 3 N–H and O–H groups in total. The summed E-state index contributed by atoms with van der Waals surface area (Å²) in [6.07, 6.45) is -4.09. The third-order valence-corrected chi connectivity index (χ3v) is 1.97. The fourth-order valence-electron chi connectivity index (χ4n) is 1.12. The van der Waals surface area contributed by atoms with Gasteiger partial charge in [0, 0.05) is 18.2 Å². The molecule has 0 heterocycles. The molecule has 0 aromatic heterocycles. The molecule has 0 bridgehead atoms. The molecule has 0 spiro atoms. The normalized spacial score (nSPS) is 10.7. The van der Waals surface area contributed by atoms with Crippen LogP contribution in [0.5, 0.6) is 17.2 Å². The van der Waals surface area contributed by atoms with Crippen LogP contribution in [0.2, 0.25) is 0 Å². The van der Waals surface area contributed by atoms with Crippen molar-refractivity contribution in [1.82, 2.24) is 5.43 Å². The van der Waals surface area contributed by atoms with Crippen LogP contribution < -0.4 is 25.5 Å². The molecule has 0 saturated heterocycles. The molecule has 0 aliphatic heterocycles. The number of halogens is 2. The average Bonchev–Trinajstić information content (AvgIpc) is 2.36. The van der Waals surface area contributed by atoms with Gasteiger partial charge in [0.2, 0.25) is 0 Å². The van der Waals surface area contributed by atoms with Crippen LogP contribution in [0.3, 0.4) is 0 Å². The molecule has 0 saturated carbocycles. The molecule has 0 aliphatic carbocycles. The number of benzene rings is 1. The Kier molecular flexibility index (Phi) is 4.27. The van der Waals surface area contributed by atoms with E-state index < -0.39 is 12.0 Å². The number of hydrogen-bond donors (Lipinski definition) is 2. The predicted molar refractivity (Wildman–Crippen MR) is 57.5 cm³/mol. The zero-order valence-electron chi connectivity index (χ0n) is 9.70. The molecule has 0 fully saturated rings. The van der Waals surface area contributed by atoms with Gasteiger partial charge in [-0.1, -0.05) is 0 Å². The van der Waals surface area contributed by atoms with Gasteiger partial charge in [-0.2, -0.15) is 8.78 Å². The molecule has 0 radical (unpaired) electrons. The number of hydrogen-bond acceptors (Lipinski definition) is 5. The van der Waals surface area contributed by atoms with E-state index in [4.69, 9.17) is 9.47 Å². The first-order chi connectivity index (χ1) is 8.42. The van der Waals surface area contributed by atoms with Crippen LogP contribution in [0.15, 0.2) is 18.2 Å². The van der Waals surface area contributed by atoms with E-state index in [2.05, 4.69) is 10.6 Å². The third-order valence-electron chi connectivity index (χ3n) is 1.97. The summed E-state index contributed by atoms with van der Waals surface area (Å²) in [5.41, 5.74) is 1.31. The highest BCUT2D eigenvalue weighted by Crippen LogP contribution is 2.30. The van der Waals surface area contributed by atoms with Crippen LogP contribution in [0.4, 0.5) is 8.78 Å². The van der Waals surface area contributed by atoms with E-state index in [-0.39, 0.29) is 17.2 Å². The van der Waals surface area contributed by atoms with Crippen molar-refractivity contribution < 1.29 is 27.8 Å². The van der Waals surface area contributed by atoms with Gasteiger partial charge in [-0.15, -0.1) is 0 Å². The highest BCUT2D eigenvalue weighted by Gasteiger charge is 2.42. The van der Waals surface area contributed by atoms with Crippen molar-refractivity contribution in [2.24, 2.45) is 5.84 Å². The van der Waals surface area contributed by atoms with Gasteiger partial charge in [0.05, 0.1) is 14.2 Å². The second-order valence-electron chi connectivity index (χ2n) is 3.14. The lowest BCUT2D eigenvalue weighted by Gasteiger charge is -2.16. The van der Waals surface area contributed by atoms with E-state index in [1.165, 1.54) is 37.8 Å². The fraction of sp³-hybridized carbons (Fsp3) is 0.300. The maximum Gasteiger partial charge on any atom is 0.483 e. The van der Waals surface area contributed by atoms with Crippen molar-refractivity contribution in [1.29, 1.82) is 0 Å². The molecule has 8 heteroatoms. The van der Waals surface area contributed by atoms with Crippen molar-refractivity contribution in [3.63, 3.8) is 0 Å². The molecule has 18 heavy (non-hydrogen) atoms. The Labute approximate surface area is 102 Å². The quantitative estimate of drug-likeness (QED) is 0.463. The van der Waals surface area contributed by atoms with Crippen LogP contribution in [-0.4, -0.2) is 26.2 Å². The van der Waals surface area contributed by atoms with Crippen LogP contribution in [0, 0.1) is 0 Å². The largest absolute Gasteiger partial charge is 0.496 e. The van der Waals surface area contributed by atoms with Crippen molar-refractivity contribution in [3.05, 3.63) is 18.2 Å². The van der Waals surface area contributed by atoms with E-state index in [1.807, 2.05) is 0 Å². The smallest absolute Gasteiger partial charge is 0.483 e. The van der Waals surface area contributed by atoms with Gasteiger partial charge in [0.25, 0.3) is 0 Å². The highest BCUT2D eigenvalue weighted by molar-refractivity contribution is 5.81. The summed E-state index contributed by atoms with van der Waals surface area (Å²) < 4.78 is 40.3. The Morgan fingerprint density at radius 2 is 1.61 bits per heavy atom. The van der Waals surface area contributed by atoms with E-state index >= 15 is 0 Å². The average molecular weight is 262 g/mol. The lowest BCUT2D eigenvalue weighted by Crippen LogP contribution is -2.47. The number of nitrogens with two attached hydrogens (primary N) is 1. The van der Waals surface area contributed by atoms with Crippen LogP contribution >= 0.6 is 0 Å². The number of methoxy groups -OCH3 is 2. The van der Waals surface area contributed by atoms with Gasteiger partial charge in [-0.25, -0.2) is 5.84 Å². The SMILES string of the molecule is COc1cc(OC)cc(OC(F)(F)C(=O)NN)c1. The Morgan fingerprint density at radius 1 is 1.17 bits per heavy atom. The minimum absolute atomic E-state index is 0.244. The molecule has 100 valence electrons. The molecule has 1 rings (SSSR count). The zero-order chi connectivity index (χ0) is 13.8. The van der Waals surface area contributed by atoms with Gasteiger partial charge in [0.1, 0.15) is 17.2 Å². The molecule has 0 unspecified atom stereocenters. The first-order valence-corrected chi connectivity index (χ1v) is 4.74. The summed E-state index contributed by atoms with van der Waals surface area (Å²) in [7, 11) is 2.70. The van der Waals surface area contributed by atoms with Crippen molar-refractivity contribution >= 4 is 5.91 Å². The van der Waals surface area contributed by atoms with E-state index in [0.29, 0.717) is 0 Å². The fourth-order valence-corrected chi connectivity index (χ4v) is 1.12. The summed E-state index contributed by atoms with van der Waals surface area (Å²) >= 11 is 0. The number of alkyl halides is 2. The molecule has 1 amide bonds. The van der Waals surface area contributed by atoms with Crippen molar-refractivity contribution in [2.45, 2.75) is 6.11 Å². The topological polar surface area (TPSA) is 82.8 Å². The molecule has 0 aliphatic rings. The Hall–Kier alpha value is -2.09. The van der Waals surface area contributed by atoms with Crippen molar-refractivity contribution in [2.75, 3.05) is 14.2 Å². The summed E-state index contributed by atoms with van der Waals surface area (Å²) in [5, 5.41) is 0. The molecular weight excluding hydrogens is 250 g/mol. The number of nitrogens with one attached hydrogen (secondary N) is 1. The van der Waals surface area contributed by atoms with Gasteiger partial charge >= 0.3 is 12.0 Å². The van der Waals surface area contributed by atoms with Crippen LogP contribution in [0.25, 0.3) is 0 Å². The lowest BCUT2D eigenvalue weighted by atomic mass is 10.3. The second-order valence-corrected chi connectivity index (χ2v) is 3.14. The predicted octanol–water partition coefficient (Wildman–Crippen LogP) is 0.665. The Bertz CT molecular complexity index is 418. The number of amides is 1. The zero-order valence-corrected chi connectivity index (χ0v) is 9.70. The van der Waals surface area contributed by atoms with E-state index in [9.17, 15) is 13.6 Å². The highest BCUT2D eigenvalue weighted by atomic mass is 19.3. The summed E-state index contributed by atoms with van der Waals surface area (Å²) in [5.74, 6) is 3.05. The maximum atomic E-state index is 13.2. The van der Waals surface area contributed by atoms with Crippen LogP contribution in [-0.2, 0) is 4.79 Å². The molecule has 6 nitrogen and oxygen atoms in total. The summed E-state index contributed by atoms with van der Waals surface area (Å²) in [6.45, 7) is 0. The molecule has 1 aromatic carbocycles. The molecule has 1 aromatic rings.